The summed E-state index contributed by atoms with van der Waals surface area (Å²) in [6.07, 6.45) is 5.16. The number of hydrogen-bond acceptors (Lipinski definition) is 4. The highest BCUT2D eigenvalue weighted by atomic mass is 19.1. The fourth-order valence-corrected chi connectivity index (χ4v) is 3.55. The Morgan fingerprint density at radius 2 is 1.95 bits per heavy atom. The van der Waals surface area contributed by atoms with E-state index in [1.165, 1.54) is 0 Å². The third kappa shape index (κ3) is 5.39. The van der Waals surface area contributed by atoms with Gasteiger partial charge in [-0.25, -0.2) is 9.18 Å². The average molecular weight is 315 g/mol. The molecule has 22 heavy (non-hydrogen) atoms. The Morgan fingerprint density at radius 1 is 1.23 bits per heavy atom. The molecule has 0 aromatic carbocycles. The molecule has 2 aliphatic carbocycles. The van der Waals surface area contributed by atoms with Crippen LogP contribution >= 0.6 is 0 Å². The summed E-state index contributed by atoms with van der Waals surface area (Å²) in [6.45, 7) is 3.12. The summed E-state index contributed by atoms with van der Waals surface area (Å²) in [5, 5.41) is 6.43. The zero-order valence-electron chi connectivity index (χ0n) is 13.5. The zero-order valence-corrected chi connectivity index (χ0v) is 13.5. The molecule has 128 valence electrons. The number of alkyl carbamates (subject to hydrolysis) is 1. The molecule has 2 fully saturated rings. The minimum atomic E-state index is -0.589. The highest BCUT2D eigenvalue weighted by Crippen LogP contribution is 2.26. The number of rotatable bonds is 5. The second kappa shape index (κ2) is 8.67. The van der Waals surface area contributed by atoms with Crippen molar-refractivity contribution in [3.05, 3.63) is 0 Å². The lowest BCUT2D eigenvalue weighted by Crippen LogP contribution is -2.54. The number of carbonyl (C=O) groups is 1. The van der Waals surface area contributed by atoms with Crippen LogP contribution in [0, 0.1) is 5.92 Å². The van der Waals surface area contributed by atoms with Crippen molar-refractivity contribution in [2.75, 3.05) is 13.2 Å². The second-order valence-electron chi connectivity index (χ2n) is 6.67. The van der Waals surface area contributed by atoms with Crippen LogP contribution in [0.4, 0.5) is 9.18 Å². The van der Waals surface area contributed by atoms with Gasteiger partial charge in [0, 0.05) is 18.1 Å². The van der Waals surface area contributed by atoms with E-state index in [0.717, 1.165) is 38.6 Å². The van der Waals surface area contributed by atoms with Crippen LogP contribution in [0.2, 0.25) is 0 Å². The third-order valence-electron chi connectivity index (χ3n) is 4.95. The van der Waals surface area contributed by atoms with Crippen molar-refractivity contribution in [2.24, 2.45) is 11.7 Å². The molecule has 0 aliphatic heterocycles. The summed E-state index contributed by atoms with van der Waals surface area (Å²) in [4.78, 5) is 11.5. The van der Waals surface area contributed by atoms with Crippen molar-refractivity contribution in [1.29, 1.82) is 0 Å². The molecule has 0 saturated heterocycles. The van der Waals surface area contributed by atoms with Gasteiger partial charge in [0.25, 0.3) is 0 Å². The van der Waals surface area contributed by atoms with Crippen molar-refractivity contribution in [2.45, 2.75) is 76.2 Å². The maximum atomic E-state index is 13.1. The molecule has 2 rings (SSSR count). The van der Waals surface area contributed by atoms with Gasteiger partial charge in [-0.3, -0.25) is 0 Å². The van der Waals surface area contributed by atoms with Gasteiger partial charge >= 0.3 is 6.09 Å². The van der Waals surface area contributed by atoms with E-state index in [1.807, 2.05) is 0 Å². The fraction of sp³-hybridized carbons (Fsp3) is 0.938. The monoisotopic (exact) mass is 315 g/mol. The predicted molar refractivity (Wildman–Crippen MR) is 84.4 cm³/mol. The van der Waals surface area contributed by atoms with Gasteiger partial charge in [-0.2, -0.15) is 0 Å². The Hall–Kier alpha value is -0.880. The first-order valence-electron chi connectivity index (χ1n) is 8.64. The molecule has 3 unspecified atom stereocenters. The number of alkyl halides is 1. The Morgan fingerprint density at radius 3 is 2.59 bits per heavy atom. The number of hydrogen-bond donors (Lipinski definition) is 3. The number of amides is 1. The molecule has 0 aromatic heterocycles. The van der Waals surface area contributed by atoms with Crippen molar-refractivity contribution in [3.63, 3.8) is 0 Å². The molecular weight excluding hydrogens is 285 g/mol. The van der Waals surface area contributed by atoms with Gasteiger partial charge in [0.2, 0.25) is 0 Å². The number of ether oxygens (including phenoxy) is 1. The van der Waals surface area contributed by atoms with Gasteiger partial charge in [-0.1, -0.05) is 0 Å². The number of halogens is 1. The molecule has 0 aromatic rings. The van der Waals surface area contributed by atoms with E-state index < -0.39 is 6.17 Å². The van der Waals surface area contributed by atoms with Gasteiger partial charge in [-0.05, 0) is 64.3 Å². The number of nitrogens with two attached hydrogens (primary N) is 1. The lowest BCUT2D eigenvalue weighted by Gasteiger charge is -2.35. The largest absolute Gasteiger partial charge is 0.450 e. The Kier molecular flexibility index (Phi) is 6.89. The Balaban J connectivity index is 1.65. The first-order valence-corrected chi connectivity index (χ1v) is 8.64. The van der Waals surface area contributed by atoms with Gasteiger partial charge in [0.15, 0.2) is 0 Å². The normalized spacial score (nSPS) is 35.9. The molecule has 0 spiro atoms. The van der Waals surface area contributed by atoms with Crippen LogP contribution in [-0.2, 0) is 4.74 Å². The molecule has 3 atom stereocenters. The van der Waals surface area contributed by atoms with E-state index in [0.29, 0.717) is 31.4 Å². The van der Waals surface area contributed by atoms with Crippen LogP contribution in [0.25, 0.3) is 0 Å². The van der Waals surface area contributed by atoms with E-state index in [1.54, 1.807) is 6.92 Å². The molecular formula is C16H30FN3O2. The van der Waals surface area contributed by atoms with Crippen molar-refractivity contribution < 1.29 is 13.9 Å². The zero-order chi connectivity index (χ0) is 15.9. The molecule has 6 heteroatoms. The van der Waals surface area contributed by atoms with Crippen LogP contribution < -0.4 is 16.4 Å². The lowest BCUT2D eigenvalue weighted by molar-refractivity contribution is 0.140. The molecule has 2 aliphatic rings. The second-order valence-corrected chi connectivity index (χ2v) is 6.67. The highest BCUT2D eigenvalue weighted by molar-refractivity contribution is 5.67. The first kappa shape index (κ1) is 17.5. The lowest BCUT2D eigenvalue weighted by atomic mass is 9.85. The number of nitrogens with one attached hydrogen (secondary N) is 2. The van der Waals surface area contributed by atoms with Crippen LogP contribution in [0.5, 0.6) is 0 Å². The van der Waals surface area contributed by atoms with Crippen LogP contribution in [-0.4, -0.2) is 43.5 Å². The third-order valence-corrected chi connectivity index (χ3v) is 4.95. The van der Waals surface area contributed by atoms with E-state index >= 15 is 0 Å². The minimum absolute atomic E-state index is 0.000855. The summed E-state index contributed by atoms with van der Waals surface area (Å²) < 4.78 is 18.0. The average Bonchev–Trinajstić information content (AvgIpc) is 2.49. The summed E-state index contributed by atoms with van der Waals surface area (Å²) in [7, 11) is 0. The number of carbonyl (C=O) groups excluding carboxylic acids is 1. The molecule has 0 bridgehead atoms. The quantitative estimate of drug-likeness (QED) is 0.726. The van der Waals surface area contributed by atoms with E-state index in [2.05, 4.69) is 10.6 Å². The molecule has 4 N–H and O–H groups in total. The molecule has 0 radical (unpaired) electrons. The summed E-state index contributed by atoms with van der Waals surface area (Å²) in [5.41, 5.74) is 6.18. The SMILES string of the molecule is CCOC(=O)NC1CCC(NCC2CCC(F)CC2)CC1N. The maximum absolute atomic E-state index is 13.1. The summed E-state index contributed by atoms with van der Waals surface area (Å²) in [5.74, 6) is 0.596. The molecule has 2 saturated carbocycles. The van der Waals surface area contributed by atoms with Crippen LogP contribution in [0.3, 0.4) is 0 Å². The van der Waals surface area contributed by atoms with Gasteiger partial charge in [0.05, 0.1) is 6.61 Å². The molecule has 0 heterocycles. The van der Waals surface area contributed by atoms with Gasteiger partial charge < -0.3 is 21.1 Å². The van der Waals surface area contributed by atoms with Crippen molar-refractivity contribution in [1.82, 2.24) is 10.6 Å². The molecule has 1 amide bonds. The highest BCUT2D eigenvalue weighted by Gasteiger charge is 2.30. The molecule has 5 nitrogen and oxygen atoms in total. The Labute approximate surface area is 132 Å². The van der Waals surface area contributed by atoms with Crippen molar-refractivity contribution in [3.8, 4) is 0 Å². The van der Waals surface area contributed by atoms with E-state index in [4.69, 9.17) is 10.5 Å². The van der Waals surface area contributed by atoms with Crippen LogP contribution in [0.15, 0.2) is 0 Å². The fourth-order valence-electron chi connectivity index (χ4n) is 3.55. The standard InChI is InChI=1S/C16H30FN3O2/c1-2-22-16(21)20-15-8-7-13(9-14(15)18)19-10-11-3-5-12(17)6-4-11/h11-15,19H,2-10,18H2,1H3,(H,20,21). The first-order chi connectivity index (χ1) is 10.6. The maximum Gasteiger partial charge on any atom is 0.407 e. The topological polar surface area (TPSA) is 76.4 Å². The van der Waals surface area contributed by atoms with Crippen molar-refractivity contribution >= 4 is 6.09 Å². The van der Waals surface area contributed by atoms with Gasteiger partial charge in [0.1, 0.15) is 6.17 Å². The van der Waals surface area contributed by atoms with Crippen LogP contribution in [0.1, 0.15) is 51.9 Å². The van der Waals surface area contributed by atoms with Gasteiger partial charge in [-0.15, -0.1) is 0 Å². The van der Waals surface area contributed by atoms with E-state index in [9.17, 15) is 9.18 Å². The smallest absolute Gasteiger partial charge is 0.407 e. The minimum Gasteiger partial charge on any atom is -0.450 e. The van der Waals surface area contributed by atoms with E-state index in [-0.39, 0.29) is 18.2 Å². The Bertz CT molecular complexity index is 348. The summed E-state index contributed by atoms with van der Waals surface area (Å²) in [6, 6.07) is 0.356. The summed E-state index contributed by atoms with van der Waals surface area (Å²) >= 11 is 0. The predicted octanol–water partition coefficient (Wildman–Crippen LogP) is 2.10.